The number of fused-ring (bicyclic) bond motifs is 1. The number of piperidine rings is 1. The van der Waals surface area contributed by atoms with Gasteiger partial charge >= 0.3 is 0 Å². The van der Waals surface area contributed by atoms with Crippen LogP contribution in [-0.4, -0.2) is 46.5 Å². The lowest BCUT2D eigenvalue weighted by Crippen LogP contribution is -2.51. The summed E-state index contributed by atoms with van der Waals surface area (Å²) in [5.74, 6) is -0.127. The number of H-pyrrole nitrogens is 1. The lowest BCUT2D eigenvalue weighted by molar-refractivity contribution is -0.118. The molecule has 1 aromatic heterocycles. The summed E-state index contributed by atoms with van der Waals surface area (Å²) in [6.07, 6.45) is 2.85. The highest BCUT2D eigenvalue weighted by molar-refractivity contribution is 6.23. The lowest BCUT2D eigenvalue weighted by Gasteiger charge is -2.33. The highest BCUT2D eigenvalue weighted by atomic mass is 16.5. The number of carbonyl (C=O) groups excluding carboxylic acids is 2. The zero-order valence-electron chi connectivity index (χ0n) is 19.3. The number of rotatable bonds is 6. The van der Waals surface area contributed by atoms with Crippen molar-refractivity contribution in [2.24, 2.45) is 4.99 Å². The molecule has 1 aromatic carbocycles. The largest absolute Gasteiger partial charge is 0.494 e. The molecule has 10 heteroatoms. The third-order valence-electron chi connectivity index (χ3n) is 5.88. The Hall–Kier alpha value is -3.79. The van der Waals surface area contributed by atoms with Gasteiger partial charge in [0.1, 0.15) is 5.76 Å². The first kappa shape index (κ1) is 24.8. The summed E-state index contributed by atoms with van der Waals surface area (Å²) in [5, 5.41) is 2.80. The van der Waals surface area contributed by atoms with E-state index in [0.29, 0.717) is 24.0 Å². The molecular weight excluding hydrogens is 438 g/mol. The molecule has 180 valence electrons. The summed E-state index contributed by atoms with van der Waals surface area (Å²) < 4.78 is 5.39. The molecule has 2 aliphatic heterocycles. The Morgan fingerprint density at radius 2 is 2.00 bits per heavy atom. The molecule has 4 rings (SSSR count). The van der Waals surface area contributed by atoms with Crippen molar-refractivity contribution in [2.45, 2.75) is 45.6 Å². The Bertz CT molecular complexity index is 1280. The van der Waals surface area contributed by atoms with E-state index in [9.17, 15) is 14.4 Å². The number of anilines is 2. The van der Waals surface area contributed by atoms with Crippen LogP contribution in [0.3, 0.4) is 0 Å². The molecular formula is C24H29N5O5. The summed E-state index contributed by atoms with van der Waals surface area (Å²) in [6.45, 7) is 9.07. The van der Waals surface area contributed by atoms with Gasteiger partial charge in [0, 0.05) is 29.4 Å². The number of amides is 2. The van der Waals surface area contributed by atoms with E-state index in [1.54, 1.807) is 24.3 Å². The number of carbonyl (C=O) groups is 2. The summed E-state index contributed by atoms with van der Waals surface area (Å²) in [4.78, 5) is 51.5. The predicted molar refractivity (Wildman–Crippen MR) is 129 cm³/mol. The first-order chi connectivity index (χ1) is 15.9. The van der Waals surface area contributed by atoms with Crippen LogP contribution in [0.2, 0.25) is 0 Å². The molecule has 2 amide bonds. The minimum atomic E-state index is -0.540. The molecule has 0 saturated carbocycles. The van der Waals surface area contributed by atoms with Crippen molar-refractivity contribution in [3.63, 3.8) is 0 Å². The second-order valence-corrected chi connectivity index (χ2v) is 8.17. The maximum atomic E-state index is 13.0. The molecule has 0 aliphatic carbocycles. The number of nitrogens with zero attached hydrogens (tertiary/aromatic N) is 3. The molecule has 1 fully saturated rings. The van der Waals surface area contributed by atoms with Crippen LogP contribution in [0.1, 0.15) is 45.1 Å². The number of ether oxygens (including phenoxy) is 1. The number of hydrogen-bond acceptors (Lipinski definition) is 6. The van der Waals surface area contributed by atoms with Crippen LogP contribution in [0.25, 0.3) is 11.3 Å². The maximum absolute atomic E-state index is 13.0. The van der Waals surface area contributed by atoms with Gasteiger partial charge in [-0.1, -0.05) is 6.58 Å². The number of hydrogen-bond donors (Lipinski definition) is 2. The summed E-state index contributed by atoms with van der Waals surface area (Å²) >= 11 is 0. The van der Waals surface area contributed by atoms with Gasteiger partial charge in [0.2, 0.25) is 5.95 Å². The van der Waals surface area contributed by atoms with Crippen molar-refractivity contribution >= 4 is 34.8 Å². The maximum Gasteiger partial charge on any atom is 0.262 e. The van der Waals surface area contributed by atoms with Crippen molar-refractivity contribution in [1.82, 2.24) is 9.97 Å². The van der Waals surface area contributed by atoms with E-state index in [1.807, 2.05) is 11.8 Å². The van der Waals surface area contributed by atoms with E-state index in [2.05, 4.69) is 33.8 Å². The van der Waals surface area contributed by atoms with Crippen LogP contribution >= 0.6 is 0 Å². The Kier molecular flexibility index (Phi) is 7.62. The Morgan fingerprint density at radius 3 is 2.68 bits per heavy atom. The molecule has 10 nitrogen and oxygen atoms in total. The fraction of sp³-hybridized carbons (Fsp3) is 0.375. The molecule has 0 radical (unpaired) electrons. The van der Waals surface area contributed by atoms with E-state index in [1.165, 1.54) is 0 Å². The standard InChI is InChI=1S/C24H27N5O4.H2O/c1-4-33-15(3)16-8-10-17(11-9-16)25-22(31)18-13-19(30)26-21-20(18)23(32)28-24(27-21)29-12-6-5-7-14(29)2;/h8-11,14H,3-7,12-13H2,1-2H3,(H,25,31)(H,26,27,28,30,32);1H2. The molecule has 34 heavy (non-hydrogen) atoms. The minimum absolute atomic E-state index is 0. The zero-order valence-corrected chi connectivity index (χ0v) is 19.3. The van der Waals surface area contributed by atoms with Crippen molar-refractivity contribution < 1.29 is 19.8 Å². The third kappa shape index (κ3) is 5.07. The Morgan fingerprint density at radius 1 is 1.26 bits per heavy atom. The molecule has 4 N–H and O–H groups in total. The molecule has 3 heterocycles. The van der Waals surface area contributed by atoms with Gasteiger partial charge in [-0.3, -0.25) is 19.4 Å². The minimum Gasteiger partial charge on any atom is -0.494 e. The van der Waals surface area contributed by atoms with Crippen LogP contribution < -0.4 is 26.5 Å². The van der Waals surface area contributed by atoms with Crippen LogP contribution in [0.5, 0.6) is 0 Å². The Balaban J connectivity index is 0.00000324. The van der Waals surface area contributed by atoms with Gasteiger partial charge in [-0.25, -0.2) is 0 Å². The fourth-order valence-electron chi connectivity index (χ4n) is 4.15. The molecule has 1 atom stereocenters. The van der Waals surface area contributed by atoms with E-state index in [4.69, 9.17) is 4.74 Å². The third-order valence-corrected chi connectivity index (χ3v) is 5.88. The highest BCUT2D eigenvalue weighted by Gasteiger charge is 2.25. The van der Waals surface area contributed by atoms with Gasteiger partial charge in [-0.05, 0) is 57.4 Å². The smallest absolute Gasteiger partial charge is 0.262 e. The fourth-order valence-corrected chi connectivity index (χ4v) is 4.15. The van der Waals surface area contributed by atoms with Gasteiger partial charge < -0.3 is 20.4 Å². The SMILES string of the molecule is C=C(OCC)c1ccc(NC(=O)C2=c3c(nc(N4CCCCC4C)[nH]c3=O)=NC(=O)C2)cc1.O. The average Bonchev–Trinajstić information content (AvgIpc) is 2.79. The second-order valence-electron chi connectivity index (χ2n) is 8.17. The Labute approximate surface area is 196 Å². The van der Waals surface area contributed by atoms with E-state index < -0.39 is 17.4 Å². The number of benzene rings is 1. The van der Waals surface area contributed by atoms with Crippen LogP contribution in [-0.2, 0) is 14.3 Å². The van der Waals surface area contributed by atoms with Gasteiger partial charge in [0.05, 0.1) is 18.2 Å². The summed E-state index contributed by atoms with van der Waals surface area (Å²) in [6, 6.07) is 7.17. The highest BCUT2D eigenvalue weighted by Crippen LogP contribution is 2.20. The number of nitrogens with one attached hydrogen (secondary N) is 2. The molecule has 2 aromatic rings. The van der Waals surface area contributed by atoms with E-state index >= 15 is 0 Å². The molecule has 2 aliphatic rings. The van der Waals surface area contributed by atoms with Crippen LogP contribution in [0.15, 0.2) is 40.6 Å². The normalized spacial score (nSPS) is 17.2. The summed E-state index contributed by atoms with van der Waals surface area (Å²) in [5.41, 5.74) is 0.883. The van der Waals surface area contributed by atoms with Gasteiger partial charge in [0.25, 0.3) is 17.4 Å². The quantitative estimate of drug-likeness (QED) is 0.597. The van der Waals surface area contributed by atoms with Crippen LogP contribution in [0.4, 0.5) is 11.6 Å². The molecule has 0 spiro atoms. The van der Waals surface area contributed by atoms with E-state index in [-0.39, 0.29) is 34.2 Å². The van der Waals surface area contributed by atoms with Crippen molar-refractivity contribution in [1.29, 1.82) is 0 Å². The van der Waals surface area contributed by atoms with Gasteiger partial charge in [-0.15, -0.1) is 0 Å². The molecule has 0 bridgehead atoms. The van der Waals surface area contributed by atoms with E-state index in [0.717, 1.165) is 31.4 Å². The predicted octanol–water partition coefficient (Wildman–Crippen LogP) is 0.670. The molecule has 1 saturated heterocycles. The average molecular weight is 468 g/mol. The monoisotopic (exact) mass is 467 g/mol. The lowest BCUT2D eigenvalue weighted by atomic mass is 10.0. The van der Waals surface area contributed by atoms with Crippen LogP contribution in [0, 0.1) is 0 Å². The summed E-state index contributed by atoms with van der Waals surface area (Å²) in [7, 11) is 0. The topological polar surface area (TPSA) is 148 Å². The number of aromatic nitrogens is 2. The van der Waals surface area contributed by atoms with Crippen molar-refractivity contribution in [3.8, 4) is 0 Å². The first-order valence-corrected chi connectivity index (χ1v) is 11.1. The van der Waals surface area contributed by atoms with Gasteiger partial charge in [0.15, 0.2) is 5.49 Å². The molecule has 1 unspecified atom stereocenters. The second kappa shape index (κ2) is 10.4. The van der Waals surface area contributed by atoms with Gasteiger partial charge in [-0.2, -0.15) is 9.98 Å². The number of aromatic amines is 1. The van der Waals surface area contributed by atoms with Crippen molar-refractivity contribution in [2.75, 3.05) is 23.4 Å². The zero-order chi connectivity index (χ0) is 23.5. The first-order valence-electron chi connectivity index (χ1n) is 11.1. The van der Waals surface area contributed by atoms with Crippen molar-refractivity contribution in [3.05, 3.63) is 57.5 Å².